The molecule has 2 aromatic rings. The Morgan fingerprint density at radius 1 is 1.31 bits per heavy atom. The number of imidazole rings is 1. The molecule has 138 valence electrons. The molecule has 0 saturated carbocycles. The number of carbonyl (C=O) groups excluding carboxylic acids is 2. The standard InChI is InChI=1S/C19H25N5O2/c1-3-18-21-8-10-23(18)13-19(26)24-9-4-5-17(24)15-6-7-20-16(11-15)12-22-14(2)25/h6-8,10-11,17H,3-5,9,12-13H2,1-2H3,(H,22,25)/t17-/m0/s1. The minimum absolute atomic E-state index is 0.0650. The average Bonchev–Trinajstić information content (AvgIpc) is 3.29. The van der Waals surface area contributed by atoms with Crippen molar-refractivity contribution < 1.29 is 9.59 Å². The van der Waals surface area contributed by atoms with E-state index in [-0.39, 0.29) is 17.9 Å². The van der Waals surface area contributed by atoms with E-state index in [0.29, 0.717) is 13.1 Å². The first-order valence-electron chi connectivity index (χ1n) is 9.07. The predicted octanol–water partition coefficient (Wildman–Crippen LogP) is 1.84. The lowest BCUT2D eigenvalue weighted by Crippen LogP contribution is -2.33. The number of aromatic nitrogens is 3. The minimum Gasteiger partial charge on any atom is -0.351 e. The first kappa shape index (κ1) is 18.1. The van der Waals surface area contributed by atoms with Crippen molar-refractivity contribution >= 4 is 11.8 Å². The van der Waals surface area contributed by atoms with Gasteiger partial charge in [0, 0.05) is 38.5 Å². The summed E-state index contributed by atoms with van der Waals surface area (Å²) in [5, 5.41) is 2.76. The second kappa shape index (κ2) is 8.12. The van der Waals surface area contributed by atoms with Gasteiger partial charge in [0.15, 0.2) is 0 Å². The van der Waals surface area contributed by atoms with Crippen LogP contribution >= 0.6 is 0 Å². The van der Waals surface area contributed by atoms with Gasteiger partial charge in [-0.1, -0.05) is 6.92 Å². The molecule has 0 unspecified atom stereocenters. The van der Waals surface area contributed by atoms with Crippen LogP contribution in [0, 0.1) is 0 Å². The molecule has 3 rings (SSSR count). The quantitative estimate of drug-likeness (QED) is 0.857. The highest BCUT2D eigenvalue weighted by Gasteiger charge is 2.30. The molecule has 0 aromatic carbocycles. The van der Waals surface area contributed by atoms with Crippen LogP contribution in [0.3, 0.4) is 0 Å². The second-order valence-corrected chi connectivity index (χ2v) is 6.56. The van der Waals surface area contributed by atoms with Crippen LogP contribution in [-0.2, 0) is 29.1 Å². The zero-order valence-electron chi connectivity index (χ0n) is 15.3. The molecule has 26 heavy (non-hydrogen) atoms. The molecule has 1 aliphatic rings. The number of rotatable bonds is 6. The predicted molar refractivity (Wildman–Crippen MR) is 97.1 cm³/mol. The van der Waals surface area contributed by atoms with Crippen LogP contribution in [0.25, 0.3) is 0 Å². The van der Waals surface area contributed by atoms with Crippen LogP contribution in [0.2, 0.25) is 0 Å². The summed E-state index contributed by atoms with van der Waals surface area (Å²) in [5.74, 6) is 0.956. The van der Waals surface area contributed by atoms with Gasteiger partial charge in [-0.05, 0) is 30.5 Å². The maximum Gasteiger partial charge on any atom is 0.243 e. The zero-order chi connectivity index (χ0) is 18.5. The molecule has 1 fully saturated rings. The number of nitrogens with one attached hydrogen (secondary N) is 1. The zero-order valence-corrected chi connectivity index (χ0v) is 15.3. The molecule has 0 radical (unpaired) electrons. The van der Waals surface area contributed by atoms with Crippen molar-refractivity contribution in [2.45, 2.75) is 52.2 Å². The van der Waals surface area contributed by atoms with Crippen LogP contribution in [0.15, 0.2) is 30.7 Å². The Morgan fingerprint density at radius 2 is 2.15 bits per heavy atom. The number of carbonyl (C=O) groups is 2. The number of nitrogens with zero attached hydrogens (tertiary/aromatic N) is 4. The number of hydrogen-bond acceptors (Lipinski definition) is 4. The Bertz CT molecular complexity index is 786. The van der Waals surface area contributed by atoms with E-state index in [9.17, 15) is 9.59 Å². The number of hydrogen-bond donors (Lipinski definition) is 1. The lowest BCUT2D eigenvalue weighted by molar-refractivity contribution is -0.132. The van der Waals surface area contributed by atoms with Crippen LogP contribution < -0.4 is 5.32 Å². The lowest BCUT2D eigenvalue weighted by Gasteiger charge is -2.26. The first-order valence-corrected chi connectivity index (χ1v) is 9.07. The van der Waals surface area contributed by atoms with Crippen LogP contribution in [0.4, 0.5) is 0 Å². The number of pyridine rings is 1. The molecule has 0 bridgehead atoms. The van der Waals surface area contributed by atoms with Gasteiger partial charge < -0.3 is 14.8 Å². The third kappa shape index (κ3) is 4.09. The van der Waals surface area contributed by atoms with Gasteiger partial charge in [-0.25, -0.2) is 4.98 Å². The van der Waals surface area contributed by atoms with Crippen molar-refractivity contribution in [1.82, 2.24) is 24.8 Å². The van der Waals surface area contributed by atoms with E-state index in [2.05, 4.69) is 15.3 Å². The van der Waals surface area contributed by atoms with Gasteiger partial charge in [-0.15, -0.1) is 0 Å². The van der Waals surface area contributed by atoms with Gasteiger partial charge in [-0.2, -0.15) is 0 Å². The number of amides is 2. The molecule has 3 heterocycles. The highest BCUT2D eigenvalue weighted by molar-refractivity contribution is 5.77. The number of aryl methyl sites for hydroxylation is 1. The van der Waals surface area contributed by atoms with E-state index in [1.807, 2.05) is 34.7 Å². The molecule has 7 heteroatoms. The summed E-state index contributed by atoms with van der Waals surface area (Å²) >= 11 is 0. The maximum absolute atomic E-state index is 12.9. The Balaban J connectivity index is 1.72. The Labute approximate surface area is 153 Å². The Morgan fingerprint density at radius 3 is 2.92 bits per heavy atom. The van der Waals surface area contributed by atoms with Gasteiger partial charge in [0.2, 0.25) is 11.8 Å². The van der Waals surface area contributed by atoms with Crippen molar-refractivity contribution in [2.24, 2.45) is 0 Å². The molecule has 1 N–H and O–H groups in total. The van der Waals surface area contributed by atoms with Crippen molar-refractivity contribution in [3.63, 3.8) is 0 Å². The van der Waals surface area contributed by atoms with Gasteiger partial charge >= 0.3 is 0 Å². The van der Waals surface area contributed by atoms with Crippen molar-refractivity contribution in [3.05, 3.63) is 47.8 Å². The second-order valence-electron chi connectivity index (χ2n) is 6.56. The maximum atomic E-state index is 12.9. The van der Waals surface area contributed by atoms with E-state index in [1.165, 1.54) is 6.92 Å². The molecule has 7 nitrogen and oxygen atoms in total. The van der Waals surface area contributed by atoms with E-state index >= 15 is 0 Å². The molecule has 2 amide bonds. The average molecular weight is 355 g/mol. The molecule has 0 spiro atoms. The Kier molecular flexibility index (Phi) is 5.65. The van der Waals surface area contributed by atoms with Gasteiger partial charge in [-0.3, -0.25) is 14.6 Å². The summed E-state index contributed by atoms with van der Waals surface area (Å²) in [4.78, 5) is 34.5. The van der Waals surface area contributed by atoms with Crippen molar-refractivity contribution in [3.8, 4) is 0 Å². The van der Waals surface area contributed by atoms with Crippen LogP contribution in [-0.4, -0.2) is 37.8 Å². The molecular formula is C19H25N5O2. The summed E-state index contributed by atoms with van der Waals surface area (Å²) in [6.45, 7) is 5.02. The first-order chi connectivity index (χ1) is 12.6. The van der Waals surface area contributed by atoms with E-state index in [1.54, 1.807) is 12.4 Å². The molecule has 1 atom stereocenters. The van der Waals surface area contributed by atoms with Gasteiger partial charge in [0.05, 0.1) is 18.3 Å². The van der Waals surface area contributed by atoms with Crippen molar-refractivity contribution in [2.75, 3.05) is 6.54 Å². The van der Waals surface area contributed by atoms with Gasteiger partial charge in [0.1, 0.15) is 12.4 Å². The summed E-state index contributed by atoms with van der Waals surface area (Å²) in [6.07, 6.45) is 8.09. The lowest BCUT2D eigenvalue weighted by atomic mass is 10.0. The number of likely N-dealkylation sites (tertiary alicyclic amines) is 1. The molecule has 0 aliphatic carbocycles. The molecule has 1 aliphatic heterocycles. The third-order valence-electron chi connectivity index (χ3n) is 4.74. The molecular weight excluding hydrogens is 330 g/mol. The fourth-order valence-electron chi connectivity index (χ4n) is 3.46. The smallest absolute Gasteiger partial charge is 0.243 e. The van der Waals surface area contributed by atoms with Crippen molar-refractivity contribution in [1.29, 1.82) is 0 Å². The summed E-state index contributed by atoms with van der Waals surface area (Å²) in [6, 6.07) is 4.01. The van der Waals surface area contributed by atoms with Crippen LogP contribution in [0.1, 0.15) is 49.8 Å². The monoisotopic (exact) mass is 355 g/mol. The van der Waals surface area contributed by atoms with E-state index in [0.717, 1.165) is 42.9 Å². The van der Waals surface area contributed by atoms with E-state index < -0.39 is 0 Å². The largest absolute Gasteiger partial charge is 0.351 e. The normalized spacial score (nSPS) is 16.7. The highest BCUT2D eigenvalue weighted by Crippen LogP contribution is 2.32. The highest BCUT2D eigenvalue weighted by atomic mass is 16.2. The van der Waals surface area contributed by atoms with Crippen LogP contribution in [0.5, 0.6) is 0 Å². The Hall–Kier alpha value is -2.70. The summed E-state index contributed by atoms with van der Waals surface area (Å²) in [5.41, 5.74) is 1.88. The fourth-order valence-corrected chi connectivity index (χ4v) is 3.46. The minimum atomic E-state index is -0.0815. The van der Waals surface area contributed by atoms with E-state index in [4.69, 9.17) is 0 Å². The van der Waals surface area contributed by atoms with Gasteiger partial charge in [0.25, 0.3) is 0 Å². The molecule has 2 aromatic heterocycles. The summed E-state index contributed by atoms with van der Waals surface area (Å²) < 4.78 is 1.92. The fraction of sp³-hybridized carbons (Fsp3) is 0.474. The topological polar surface area (TPSA) is 80.1 Å². The SMILES string of the molecule is CCc1nccn1CC(=O)N1CCC[C@H]1c1ccnc(CNC(C)=O)c1. The molecule has 1 saturated heterocycles. The third-order valence-corrected chi connectivity index (χ3v) is 4.74. The summed E-state index contributed by atoms with van der Waals surface area (Å²) in [7, 11) is 0.